The summed E-state index contributed by atoms with van der Waals surface area (Å²) in [6.07, 6.45) is 1.40. The van der Waals surface area contributed by atoms with Gasteiger partial charge in [-0.1, -0.05) is 6.07 Å². The Hall–Kier alpha value is -2.82. The third kappa shape index (κ3) is 3.10. The summed E-state index contributed by atoms with van der Waals surface area (Å²) in [4.78, 5) is 14.9. The van der Waals surface area contributed by atoms with Gasteiger partial charge in [-0.3, -0.25) is 4.99 Å². The molecule has 0 saturated heterocycles. The van der Waals surface area contributed by atoms with E-state index in [1.54, 1.807) is 12.1 Å². The molecule has 0 aliphatic rings. The minimum Gasteiger partial charge on any atom is -0.508 e. The van der Waals surface area contributed by atoms with E-state index in [2.05, 4.69) is 4.99 Å². The summed E-state index contributed by atoms with van der Waals surface area (Å²) in [6, 6.07) is 10.3. The number of aromatic carboxylic acids is 1. The third-order valence-corrected chi connectivity index (χ3v) is 2.46. The lowest BCUT2D eigenvalue weighted by molar-refractivity contribution is 0.0697. The molecule has 5 nitrogen and oxygen atoms in total. The number of benzene rings is 2. The summed E-state index contributed by atoms with van der Waals surface area (Å²) < 4.78 is 0. The number of phenolic OH excluding ortho intramolecular Hbond substituents is 2. The van der Waals surface area contributed by atoms with Crippen LogP contribution in [0.15, 0.2) is 47.5 Å². The van der Waals surface area contributed by atoms with E-state index >= 15 is 0 Å². The second kappa shape index (κ2) is 5.22. The van der Waals surface area contributed by atoms with Gasteiger partial charge in [-0.25, -0.2) is 4.79 Å². The van der Waals surface area contributed by atoms with Crippen molar-refractivity contribution in [2.75, 3.05) is 0 Å². The van der Waals surface area contributed by atoms with Crippen molar-refractivity contribution >= 4 is 17.9 Å². The molecule has 0 atom stereocenters. The highest BCUT2D eigenvalue weighted by Crippen LogP contribution is 2.22. The van der Waals surface area contributed by atoms with Gasteiger partial charge in [0.25, 0.3) is 0 Å². The van der Waals surface area contributed by atoms with Crippen LogP contribution in [0.5, 0.6) is 11.5 Å². The lowest BCUT2D eigenvalue weighted by Crippen LogP contribution is -1.94. The summed E-state index contributed by atoms with van der Waals surface area (Å²) in [5.41, 5.74) is 1.04. The van der Waals surface area contributed by atoms with Gasteiger partial charge < -0.3 is 15.3 Å². The van der Waals surface area contributed by atoms with E-state index < -0.39 is 5.97 Å². The highest BCUT2D eigenvalue weighted by molar-refractivity contribution is 5.90. The SMILES string of the molecule is O=C(O)c1cccc(N=Cc2ccc(O)cc2O)c1. The number of aromatic hydroxyl groups is 2. The highest BCUT2D eigenvalue weighted by Gasteiger charge is 2.03. The number of nitrogens with zero attached hydrogens (tertiary/aromatic N) is 1. The van der Waals surface area contributed by atoms with Crippen LogP contribution in [0.1, 0.15) is 15.9 Å². The van der Waals surface area contributed by atoms with Gasteiger partial charge in [-0.15, -0.1) is 0 Å². The van der Waals surface area contributed by atoms with Crippen molar-refractivity contribution < 1.29 is 20.1 Å². The zero-order valence-corrected chi connectivity index (χ0v) is 9.82. The van der Waals surface area contributed by atoms with Crippen LogP contribution in [-0.2, 0) is 0 Å². The normalized spacial score (nSPS) is 10.7. The van der Waals surface area contributed by atoms with E-state index in [0.717, 1.165) is 0 Å². The van der Waals surface area contributed by atoms with Gasteiger partial charge in [0.1, 0.15) is 11.5 Å². The minimum atomic E-state index is -1.02. The number of carboxylic acids is 1. The van der Waals surface area contributed by atoms with Crippen LogP contribution >= 0.6 is 0 Å². The first kappa shape index (κ1) is 12.6. The second-order valence-corrected chi connectivity index (χ2v) is 3.86. The molecule has 0 heterocycles. The van der Waals surface area contributed by atoms with Crippen LogP contribution in [-0.4, -0.2) is 27.5 Å². The van der Waals surface area contributed by atoms with Crippen LogP contribution in [0.4, 0.5) is 5.69 Å². The molecule has 2 aromatic rings. The van der Waals surface area contributed by atoms with Gasteiger partial charge in [-0.05, 0) is 30.3 Å². The van der Waals surface area contributed by atoms with Crippen molar-refractivity contribution in [3.63, 3.8) is 0 Å². The minimum absolute atomic E-state index is 0.0393. The van der Waals surface area contributed by atoms with Crippen LogP contribution < -0.4 is 0 Å². The summed E-state index contributed by atoms with van der Waals surface area (Å²) >= 11 is 0. The molecular formula is C14H11NO4. The lowest BCUT2D eigenvalue weighted by atomic mass is 10.2. The molecular weight excluding hydrogens is 246 g/mol. The fourth-order valence-electron chi connectivity index (χ4n) is 1.50. The monoisotopic (exact) mass is 257 g/mol. The number of rotatable bonds is 3. The third-order valence-electron chi connectivity index (χ3n) is 2.46. The fourth-order valence-corrected chi connectivity index (χ4v) is 1.50. The molecule has 0 aliphatic carbocycles. The largest absolute Gasteiger partial charge is 0.508 e. The molecule has 5 heteroatoms. The Kier molecular flexibility index (Phi) is 3.47. The Balaban J connectivity index is 2.27. The van der Waals surface area contributed by atoms with Crippen molar-refractivity contribution in [1.29, 1.82) is 0 Å². The van der Waals surface area contributed by atoms with Crippen molar-refractivity contribution in [1.82, 2.24) is 0 Å². The van der Waals surface area contributed by atoms with Crippen LogP contribution in [0.2, 0.25) is 0 Å². The zero-order valence-electron chi connectivity index (χ0n) is 9.82. The van der Waals surface area contributed by atoms with Crippen molar-refractivity contribution in [2.45, 2.75) is 0 Å². The van der Waals surface area contributed by atoms with Gasteiger partial charge in [0, 0.05) is 17.8 Å². The molecule has 3 N–H and O–H groups in total. The Morgan fingerprint density at radius 1 is 1.11 bits per heavy atom. The van der Waals surface area contributed by atoms with E-state index in [1.807, 2.05) is 0 Å². The average Bonchev–Trinajstić information content (AvgIpc) is 2.38. The quantitative estimate of drug-likeness (QED) is 0.737. The highest BCUT2D eigenvalue weighted by atomic mass is 16.4. The fraction of sp³-hybridized carbons (Fsp3) is 0. The van der Waals surface area contributed by atoms with Crippen molar-refractivity contribution in [3.05, 3.63) is 53.6 Å². The summed E-state index contributed by atoms with van der Waals surface area (Å²) in [7, 11) is 0. The Morgan fingerprint density at radius 2 is 1.89 bits per heavy atom. The molecule has 0 unspecified atom stereocenters. The first-order valence-electron chi connectivity index (χ1n) is 5.45. The predicted octanol–water partition coefficient (Wildman–Crippen LogP) is 2.55. The summed E-state index contributed by atoms with van der Waals surface area (Å²) in [5.74, 6) is -1.16. The Bertz CT molecular complexity index is 650. The van der Waals surface area contributed by atoms with E-state index in [9.17, 15) is 9.90 Å². The lowest BCUT2D eigenvalue weighted by Gasteiger charge is -2.00. The Morgan fingerprint density at radius 3 is 2.58 bits per heavy atom. The molecule has 0 aliphatic heterocycles. The first-order valence-corrected chi connectivity index (χ1v) is 5.45. The molecule has 0 aromatic heterocycles. The number of hydrogen-bond donors (Lipinski definition) is 3. The van der Waals surface area contributed by atoms with Gasteiger partial charge in [0.15, 0.2) is 0 Å². The topological polar surface area (TPSA) is 90.1 Å². The molecule has 0 radical (unpaired) electrons. The summed E-state index contributed by atoms with van der Waals surface area (Å²) in [5, 5.41) is 27.6. The van der Waals surface area contributed by atoms with Crippen LogP contribution in [0.3, 0.4) is 0 Å². The molecule has 96 valence electrons. The Labute approximate surface area is 109 Å². The van der Waals surface area contributed by atoms with E-state index in [-0.39, 0.29) is 17.1 Å². The molecule has 2 aromatic carbocycles. The van der Waals surface area contributed by atoms with Crippen LogP contribution in [0.25, 0.3) is 0 Å². The predicted molar refractivity (Wildman–Crippen MR) is 70.4 cm³/mol. The smallest absolute Gasteiger partial charge is 0.335 e. The van der Waals surface area contributed by atoms with Gasteiger partial charge >= 0.3 is 5.97 Å². The van der Waals surface area contributed by atoms with Crippen LogP contribution in [0, 0.1) is 0 Å². The zero-order chi connectivity index (χ0) is 13.8. The molecule has 0 bridgehead atoms. The van der Waals surface area contributed by atoms with E-state index in [0.29, 0.717) is 11.3 Å². The maximum Gasteiger partial charge on any atom is 0.335 e. The molecule has 0 fully saturated rings. The van der Waals surface area contributed by atoms with Gasteiger partial charge in [0.05, 0.1) is 11.3 Å². The number of aliphatic imine (C=N–C) groups is 1. The summed E-state index contributed by atoms with van der Waals surface area (Å²) in [6.45, 7) is 0. The molecule has 0 saturated carbocycles. The number of hydrogen-bond acceptors (Lipinski definition) is 4. The van der Waals surface area contributed by atoms with E-state index in [1.165, 1.54) is 36.5 Å². The molecule has 19 heavy (non-hydrogen) atoms. The first-order chi connectivity index (χ1) is 9.06. The number of phenols is 2. The second-order valence-electron chi connectivity index (χ2n) is 3.86. The van der Waals surface area contributed by atoms with Crippen molar-refractivity contribution in [2.24, 2.45) is 4.99 Å². The van der Waals surface area contributed by atoms with E-state index in [4.69, 9.17) is 10.2 Å². The molecule has 0 amide bonds. The maximum absolute atomic E-state index is 10.8. The standard InChI is InChI=1S/C14H11NO4/c16-12-5-4-10(13(17)7-12)8-15-11-3-1-2-9(6-11)14(18)19/h1-8,16-17H,(H,18,19). The molecule has 2 rings (SSSR count). The number of carbonyl (C=O) groups is 1. The van der Waals surface area contributed by atoms with Gasteiger partial charge in [0.2, 0.25) is 0 Å². The molecule has 0 spiro atoms. The average molecular weight is 257 g/mol. The maximum atomic E-state index is 10.8. The van der Waals surface area contributed by atoms with Crippen molar-refractivity contribution in [3.8, 4) is 11.5 Å². The number of carboxylic acid groups (broad SMARTS) is 1. The van der Waals surface area contributed by atoms with Gasteiger partial charge in [-0.2, -0.15) is 0 Å².